The Morgan fingerprint density at radius 1 is 1.35 bits per heavy atom. The largest absolute Gasteiger partial charge is 0.463 e. The molecule has 0 amide bonds. The highest BCUT2D eigenvalue weighted by Crippen LogP contribution is 2.25. The highest BCUT2D eigenvalue weighted by atomic mass is 16.5. The van der Waals surface area contributed by atoms with Crippen LogP contribution in [0.3, 0.4) is 0 Å². The van der Waals surface area contributed by atoms with Crippen molar-refractivity contribution < 1.29 is 9.53 Å². The van der Waals surface area contributed by atoms with Gasteiger partial charge in [-0.05, 0) is 36.5 Å². The van der Waals surface area contributed by atoms with Gasteiger partial charge >= 0.3 is 5.97 Å². The quantitative estimate of drug-likeness (QED) is 0.583. The fraction of sp³-hybridized carbons (Fsp3) is 0.400. The Labute approximate surface area is 103 Å². The van der Waals surface area contributed by atoms with Gasteiger partial charge in [-0.15, -0.1) is 0 Å². The molecule has 2 nitrogen and oxygen atoms in total. The van der Waals surface area contributed by atoms with E-state index in [1.54, 1.807) is 6.08 Å². The molecule has 0 radical (unpaired) electrons. The second-order valence-electron chi connectivity index (χ2n) is 4.32. The van der Waals surface area contributed by atoms with E-state index in [9.17, 15) is 4.79 Å². The fourth-order valence-electron chi connectivity index (χ4n) is 1.80. The molecule has 1 aromatic rings. The molecular formula is C15H20O2. The van der Waals surface area contributed by atoms with Crippen LogP contribution >= 0.6 is 0 Å². The monoisotopic (exact) mass is 232 g/mol. The molecule has 0 aliphatic heterocycles. The van der Waals surface area contributed by atoms with Crippen molar-refractivity contribution in [3.8, 4) is 0 Å². The second kappa shape index (κ2) is 6.24. The molecule has 0 saturated heterocycles. The van der Waals surface area contributed by atoms with Crippen LogP contribution in [-0.2, 0) is 9.53 Å². The lowest BCUT2D eigenvalue weighted by molar-refractivity contribution is -0.137. The van der Waals surface area contributed by atoms with Crippen molar-refractivity contribution >= 4 is 11.5 Å². The molecule has 0 aromatic heterocycles. The zero-order valence-corrected chi connectivity index (χ0v) is 11.0. The molecule has 17 heavy (non-hydrogen) atoms. The van der Waals surface area contributed by atoms with Crippen molar-refractivity contribution in [2.75, 3.05) is 6.61 Å². The number of benzene rings is 1. The number of carbonyl (C=O) groups excluding carboxylic acids is 1. The number of hydrogen-bond donors (Lipinski definition) is 0. The van der Waals surface area contributed by atoms with Crippen molar-refractivity contribution in [1.82, 2.24) is 0 Å². The standard InChI is InChI=1S/C15H20O2/c1-5-17-15(16)10-12(4)14-9-7-6-8-13(14)11(2)3/h6-11H,5H2,1-4H3/b12-10+. The number of esters is 1. The van der Waals surface area contributed by atoms with Gasteiger partial charge in [0.15, 0.2) is 0 Å². The first kappa shape index (κ1) is 13.5. The topological polar surface area (TPSA) is 26.3 Å². The van der Waals surface area contributed by atoms with Gasteiger partial charge in [0.05, 0.1) is 6.61 Å². The first-order chi connectivity index (χ1) is 8.06. The fourth-order valence-corrected chi connectivity index (χ4v) is 1.80. The molecule has 0 N–H and O–H groups in total. The molecule has 0 heterocycles. The molecule has 0 aliphatic carbocycles. The zero-order valence-electron chi connectivity index (χ0n) is 11.0. The minimum Gasteiger partial charge on any atom is -0.463 e. The number of allylic oxidation sites excluding steroid dienone is 1. The van der Waals surface area contributed by atoms with Gasteiger partial charge in [0.1, 0.15) is 0 Å². The van der Waals surface area contributed by atoms with Gasteiger partial charge in [-0.1, -0.05) is 38.1 Å². The molecule has 1 rings (SSSR count). The SMILES string of the molecule is CCOC(=O)/C=C(\C)c1ccccc1C(C)C. The molecule has 0 unspecified atom stereocenters. The minimum atomic E-state index is -0.274. The summed E-state index contributed by atoms with van der Waals surface area (Å²) >= 11 is 0. The van der Waals surface area contributed by atoms with Crippen molar-refractivity contribution in [2.24, 2.45) is 0 Å². The van der Waals surface area contributed by atoms with Crippen LogP contribution in [0.2, 0.25) is 0 Å². The van der Waals surface area contributed by atoms with Crippen molar-refractivity contribution in [1.29, 1.82) is 0 Å². The van der Waals surface area contributed by atoms with Gasteiger partial charge in [-0.25, -0.2) is 4.79 Å². The van der Waals surface area contributed by atoms with Crippen LogP contribution in [0.5, 0.6) is 0 Å². The molecule has 0 saturated carbocycles. The van der Waals surface area contributed by atoms with Gasteiger partial charge in [0, 0.05) is 6.08 Å². The summed E-state index contributed by atoms with van der Waals surface area (Å²) in [5.74, 6) is 0.167. The lowest BCUT2D eigenvalue weighted by atomic mass is 9.93. The van der Waals surface area contributed by atoms with Crippen LogP contribution in [-0.4, -0.2) is 12.6 Å². The lowest BCUT2D eigenvalue weighted by Gasteiger charge is -2.12. The van der Waals surface area contributed by atoms with Crippen molar-refractivity contribution in [2.45, 2.75) is 33.6 Å². The zero-order chi connectivity index (χ0) is 12.8. The van der Waals surface area contributed by atoms with Crippen LogP contribution in [0, 0.1) is 0 Å². The van der Waals surface area contributed by atoms with E-state index in [4.69, 9.17) is 4.74 Å². The Morgan fingerprint density at radius 3 is 2.59 bits per heavy atom. The highest BCUT2D eigenvalue weighted by Gasteiger charge is 2.08. The van der Waals surface area contributed by atoms with Crippen LogP contribution in [0.15, 0.2) is 30.3 Å². The number of carbonyl (C=O) groups is 1. The molecule has 92 valence electrons. The molecule has 0 spiro atoms. The first-order valence-electron chi connectivity index (χ1n) is 6.00. The summed E-state index contributed by atoms with van der Waals surface area (Å²) in [6.07, 6.45) is 1.56. The number of hydrogen-bond acceptors (Lipinski definition) is 2. The van der Waals surface area contributed by atoms with E-state index in [-0.39, 0.29) is 5.97 Å². The molecule has 0 aliphatic rings. The van der Waals surface area contributed by atoms with Crippen LogP contribution in [0.1, 0.15) is 44.7 Å². The lowest BCUT2D eigenvalue weighted by Crippen LogP contribution is -2.01. The van der Waals surface area contributed by atoms with E-state index in [2.05, 4.69) is 19.9 Å². The van der Waals surface area contributed by atoms with Gasteiger partial charge in [-0.3, -0.25) is 0 Å². The normalized spacial score (nSPS) is 11.7. The molecule has 2 heteroatoms. The maximum atomic E-state index is 11.4. The summed E-state index contributed by atoms with van der Waals surface area (Å²) in [7, 11) is 0. The summed E-state index contributed by atoms with van der Waals surface area (Å²) in [5, 5.41) is 0. The minimum absolute atomic E-state index is 0.274. The summed E-state index contributed by atoms with van der Waals surface area (Å²) in [5.41, 5.74) is 3.33. The summed E-state index contributed by atoms with van der Waals surface area (Å²) in [6.45, 7) is 8.46. The highest BCUT2D eigenvalue weighted by molar-refractivity contribution is 5.91. The number of ether oxygens (including phenoxy) is 1. The van der Waals surface area contributed by atoms with Gasteiger partial charge < -0.3 is 4.74 Å². The molecule has 0 atom stereocenters. The molecule has 0 bridgehead atoms. The van der Waals surface area contributed by atoms with Crippen LogP contribution < -0.4 is 0 Å². The summed E-state index contributed by atoms with van der Waals surface area (Å²) < 4.78 is 4.92. The van der Waals surface area contributed by atoms with Crippen molar-refractivity contribution in [3.63, 3.8) is 0 Å². The molecular weight excluding hydrogens is 212 g/mol. The third-order valence-corrected chi connectivity index (χ3v) is 2.63. The van der Waals surface area contributed by atoms with E-state index in [1.807, 2.05) is 32.0 Å². The van der Waals surface area contributed by atoms with Gasteiger partial charge in [0.25, 0.3) is 0 Å². The maximum Gasteiger partial charge on any atom is 0.331 e. The average molecular weight is 232 g/mol. The van der Waals surface area contributed by atoms with E-state index >= 15 is 0 Å². The summed E-state index contributed by atoms with van der Waals surface area (Å²) in [6, 6.07) is 8.16. The van der Waals surface area contributed by atoms with Crippen molar-refractivity contribution in [3.05, 3.63) is 41.5 Å². The van der Waals surface area contributed by atoms with E-state index in [0.29, 0.717) is 12.5 Å². The predicted molar refractivity (Wildman–Crippen MR) is 70.8 cm³/mol. The predicted octanol–water partition coefficient (Wildman–Crippen LogP) is 3.78. The Bertz CT molecular complexity index is 417. The van der Waals surface area contributed by atoms with E-state index in [1.165, 1.54) is 5.56 Å². The smallest absolute Gasteiger partial charge is 0.331 e. The maximum absolute atomic E-state index is 11.4. The van der Waals surface area contributed by atoms with Crippen LogP contribution in [0.4, 0.5) is 0 Å². The van der Waals surface area contributed by atoms with Crippen LogP contribution in [0.25, 0.3) is 5.57 Å². The Kier molecular flexibility index (Phi) is 4.95. The van der Waals surface area contributed by atoms with E-state index < -0.39 is 0 Å². The van der Waals surface area contributed by atoms with Gasteiger partial charge in [0.2, 0.25) is 0 Å². The Morgan fingerprint density at radius 2 is 2.00 bits per heavy atom. The summed E-state index contributed by atoms with van der Waals surface area (Å²) in [4.78, 5) is 11.4. The second-order valence-corrected chi connectivity index (χ2v) is 4.32. The molecule has 1 aromatic carbocycles. The average Bonchev–Trinajstić information content (AvgIpc) is 2.29. The Hall–Kier alpha value is -1.57. The number of rotatable bonds is 4. The third-order valence-electron chi connectivity index (χ3n) is 2.63. The molecule has 0 fully saturated rings. The third kappa shape index (κ3) is 3.74. The van der Waals surface area contributed by atoms with Gasteiger partial charge in [-0.2, -0.15) is 0 Å². The van der Waals surface area contributed by atoms with E-state index in [0.717, 1.165) is 11.1 Å². The first-order valence-corrected chi connectivity index (χ1v) is 6.00. The Balaban J connectivity index is 3.03.